The molecule has 0 aliphatic heterocycles. The average molecular weight is 239 g/mol. The van der Waals surface area contributed by atoms with E-state index in [2.05, 4.69) is 26.7 Å². The lowest BCUT2D eigenvalue weighted by Gasteiger charge is -2.07. The first-order valence-electron chi connectivity index (χ1n) is 5.76. The van der Waals surface area contributed by atoms with Crippen LogP contribution in [-0.2, 0) is 6.54 Å². The van der Waals surface area contributed by atoms with E-state index in [9.17, 15) is 0 Å². The van der Waals surface area contributed by atoms with Crippen LogP contribution < -0.4 is 4.74 Å². The van der Waals surface area contributed by atoms with Gasteiger partial charge in [-0.3, -0.25) is 0 Å². The van der Waals surface area contributed by atoms with Crippen molar-refractivity contribution in [2.24, 2.45) is 0 Å². The zero-order valence-electron chi connectivity index (χ0n) is 10.1. The third-order valence-corrected chi connectivity index (χ3v) is 2.89. The smallest absolute Gasteiger partial charge is 0.181 e. The average Bonchev–Trinajstić information content (AvgIpc) is 2.83. The van der Waals surface area contributed by atoms with Crippen LogP contribution >= 0.6 is 0 Å². The Morgan fingerprint density at radius 2 is 1.94 bits per heavy atom. The van der Waals surface area contributed by atoms with Crippen LogP contribution in [-0.4, -0.2) is 21.6 Å². The van der Waals surface area contributed by atoms with E-state index in [1.165, 1.54) is 5.56 Å². The Balaban J connectivity index is 2.07. The van der Waals surface area contributed by atoms with Gasteiger partial charge in [-0.05, 0) is 5.56 Å². The largest absolute Gasteiger partial charge is 0.494 e. The van der Waals surface area contributed by atoms with Gasteiger partial charge in [0, 0.05) is 18.8 Å². The molecule has 0 aliphatic rings. The molecule has 1 aromatic carbocycles. The van der Waals surface area contributed by atoms with Gasteiger partial charge in [0.05, 0.1) is 13.4 Å². The summed E-state index contributed by atoms with van der Waals surface area (Å²) in [6.07, 6.45) is 3.51. The fourth-order valence-electron chi connectivity index (χ4n) is 2.04. The molecule has 3 aromatic rings. The van der Waals surface area contributed by atoms with E-state index < -0.39 is 0 Å². The van der Waals surface area contributed by atoms with Crippen molar-refractivity contribution >= 4 is 11.2 Å². The second-order valence-electron chi connectivity index (χ2n) is 4.04. The molecule has 2 aromatic heterocycles. The van der Waals surface area contributed by atoms with Crippen LogP contribution in [0.1, 0.15) is 5.56 Å². The van der Waals surface area contributed by atoms with Crippen molar-refractivity contribution in [1.29, 1.82) is 0 Å². The third-order valence-electron chi connectivity index (χ3n) is 2.89. The molecule has 0 saturated heterocycles. The van der Waals surface area contributed by atoms with Gasteiger partial charge in [-0.15, -0.1) is 0 Å². The number of methoxy groups -OCH3 is 1. The van der Waals surface area contributed by atoms with Crippen molar-refractivity contribution in [2.45, 2.75) is 6.54 Å². The molecule has 4 nitrogen and oxygen atoms in total. The minimum Gasteiger partial charge on any atom is -0.494 e. The number of hydrogen-bond acceptors (Lipinski definition) is 3. The highest BCUT2D eigenvalue weighted by atomic mass is 16.5. The Labute approximate surface area is 105 Å². The minimum atomic E-state index is 0.713. The Morgan fingerprint density at radius 3 is 2.72 bits per heavy atom. The summed E-state index contributed by atoms with van der Waals surface area (Å²) < 4.78 is 7.42. The number of rotatable bonds is 3. The lowest BCUT2D eigenvalue weighted by atomic mass is 10.2. The van der Waals surface area contributed by atoms with Crippen LogP contribution in [0.3, 0.4) is 0 Å². The van der Waals surface area contributed by atoms with Crippen LogP contribution in [0.4, 0.5) is 0 Å². The molecule has 3 rings (SSSR count). The summed E-state index contributed by atoms with van der Waals surface area (Å²) in [5, 5.41) is 0. The van der Waals surface area contributed by atoms with Crippen LogP contribution in [0.15, 0.2) is 48.9 Å². The Morgan fingerprint density at radius 1 is 1.11 bits per heavy atom. The minimum absolute atomic E-state index is 0.713. The van der Waals surface area contributed by atoms with Gasteiger partial charge in [-0.2, -0.15) is 0 Å². The number of nitrogens with zero attached hydrogens (tertiary/aromatic N) is 3. The summed E-state index contributed by atoms with van der Waals surface area (Å²) in [5.41, 5.74) is 2.87. The van der Waals surface area contributed by atoms with Crippen molar-refractivity contribution in [3.05, 3.63) is 54.5 Å². The number of ether oxygens (including phenoxy) is 1. The predicted octanol–water partition coefficient (Wildman–Crippen LogP) is 2.49. The first-order valence-corrected chi connectivity index (χ1v) is 5.76. The number of imidazole rings is 1. The van der Waals surface area contributed by atoms with Crippen molar-refractivity contribution < 1.29 is 4.74 Å². The molecular weight excluding hydrogens is 226 g/mol. The van der Waals surface area contributed by atoms with Gasteiger partial charge >= 0.3 is 0 Å². The predicted molar refractivity (Wildman–Crippen MR) is 69.6 cm³/mol. The van der Waals surface area contributed by atoms with Crippen LogP contribution in [0.2, 0.25) is 0 Å². The molecule has 0 bridgehead atoms. The summed E-state index contributed by atoms with van der Waals surface area (Å²) in [6.45, 7) is 0.763. The van der Waals surface area contributed by atoms with Gasteiger partial charge in [-0.1, -0.05) is 30.3 Å². The number of aromatic nitrogens is 3. The first kappa shape index (κ1) is 10.8. The lowest BCUT2D eigenvalue weighted by molar-refractivity contribution is 0.417. The second kappa shape index (κ2) is 4.49. The molecule has 0 N–H and O–H groups in total. The molecule has 0 amide bonds. The Bertz CT molecular complexity index is 661. The highest BCUT2D eigenvalue weighted by molar-refractivity contribution is 5.78. The molecular formula is C14H13N3O. The molecule has 0 spiro atoms. The summed E-state index contributed by atoms with van der Waals surface area (Å²) in [5.74, 6) is 0.799. The van der Waals surface area contributed by atoms with Gasteiger partial charge in [0.25, 0.3) is 0 Å². The summed E-state index contributed by atoms with van der Waals surface area (Å²) in [7, 11) is 1.66. The Hall–Kier alpha value is -2.36. The topological polar surface area (TPSA) is 39.9 Å². The summed E-state index contributed by atoms with van der Waals surface area (Å²) in [6, 6.07) is 12.1. The number of pyridine rings is 1. The zero-order valence-corrected chi connectivity index (χ0v) is 10.1. The van der Waals surface area contributed by atoms with E-state index >= 15 is 0 Å². The molecule has 0 aliphatic carbocycles. The zero-order chi connectivity index (χ0) is 12.4. The van der Waals surface area contributed by atoms with Crippen molar-refractivity contribution in [1.82, 2.24) is 14.5 Å². The Kier molecular flexibility index (Phi) is 2.68. The van der Waals surface area contributed by atoms with E-state index in [0.29, 0.717) is 5.65 Å². The maximum absolute atomic E-state index is 5.36. The van der Waals surface area contributed by atoms with E-state index in [1.54, 1.807) is 19.6 Å². The molecule has 4 heteroatoms. The second-order valence-corrected chi connectivity index (χ2v) is 4.04. The van der Waals surface area contributed by atoms with Crippen LogP contribution in [0, 0.1) is 0 Å². The van der Waals surface area contributed by atoms with Gasteiger partial charge in [0.1, 0.15) is 11.3 Å². The van der Waals surface area contributed by atoms with Crippen molar-refractivity contribution in [3.8, 4) is 5.75 Å². The maximum Gasteiger partial charge on any atom is 0.181 e. The lowest BCUT2D eigenvalue weighted by Crippen LogP contribution is -1.99. The van der Waals surface area contributed by atoms with E-state index in [0.717, 1.165) is 17.8 Å². The highest BCUT2D eigenvalue weighted by Crippen LogP contribution is 2.23. The number of hydrogen-bond donors (Lipinski definition) is 0. The fraction of sp³-hybridized carbons (Fsp3) is 0.143. The van der Waals surface area contributed by atoms with Gasteiger partial charge < -0.3 is 9.30 Å². The highest BCUT2D eigenvalue weighted by Gasteiger charge is 2.09. The normalized spacial score (nSPS) is 10.7. The summed E-state index contributed by atoms with van der Waals surface area (Å²) in [4.78, 5) is 8.54. The molecule has 90 valence electrons. The maximum atomic E-state index is 5.36. The van der Waals surface area contributed by atoms with Crippen LogP contribution in [0.25, 0.3) is 11.2 Å². The molecule has 0 saturated carbocycles. The van der Waals surface area contributed by atoms with E-state index in [4.69, 9.17) is 4.74 Å². The molecule has 0 radical (unpaired) electrons. The van der Waals surface area contributed by atoms with Gasteiger partial charge in [-0.25, -0.2) is 9.97 Å². The number of fused-ring (bicyclic) bond motifs is 1. The molecule has 18 heavy (non-hydrogen) atoms. The van der Waals surface area contributed by atoms with Gasteiger partial charge in [0.2, 0.25) is 0 Å². The summed E-state index contributed by atoms with van der Waals surface area (Å²) >= 11 is 0. The standard InChI is InChI=1S/C14H13N3O/c1-18-12-7-8-15-14-13(12)17(10-16-14)9-11-5-3-2-4-6-11/h2-8,10H,9H2,1H3. The number of benzene rings is 1. The molecule has 0 unspecified atom stereocenters. The molecule has 0 atom stereocenters. The molecule has 2 heterocycles. The van der Waals surface area contributed by atoms with Gasteiger partial charge in [0.15, 0.2) is 5.65 Å². The quantitative estimate of drug-likeness (QED) is 0.705. The fourth-order valence-corrected chi connectivity index (χ4v) is 2.04. The van der Waals surface area contributed by atoms with E-state index in [-0.39, 0.29) is 0 Å². The van der Waals surface area contributed by atoms with Crippen LogP contribution in [0.5, 0.6) is 5.75 Å². The van der Waals surface area contributed by atoms with Crippen molar-refractivity contribution in [2.75, 3.05) is 7.11 Å². The van der Waals surface area contributed by atoms with Crippen molar-refractivity contribution in [3.63, 3.8) is 0 Å². The third kappa shape index (κ3) is 1.82. The molecule has 0 fully saturated rings. The first-order chi connectivity index (χ1) is 8.88. The monoisotopic (exact) mass is 239 g/mol. The van der Waals surface area contributed by atoms with E-state index in [1.807, 2.05) is 24.3 Å². The SMILES string of the molecule is COc1ccnc2ncn(Cc3ccccc3)c12.